The lowest BCUT2D eigenvalue weighted by Gasteiger charge is -2.10. The smallest absolute Gasteiger partial charge is 0.270 e. The second-order valence-electron chi connectivity index (χ2n) is 3.94. The Hall–Kier alpha value is -1.47. The summed E-state index contributed by atoms with van der Waals surface area (Å²) in [5.41, 5.74) is 0.265. The molecule has 1 aliphatic heterocycles. The molecule has 0 spiro atoms. The number of hydrogen-bond donors (Lipinski definition) is 2. The van der Waals surface area contributed by atoms with Crippen LogP contribution in [-0.2, 0) is 10.2 Å². The van der Waals surface area contributed by atoms with Crippen molar-refractivity contribution >= 4 is 16.0 Å². The van der Waals surface area contributed by atoms with Crippen LogP contribution in [0.15, 0.2) is 29.3 Å². The average Bonchev–Trinajstić information content (AvgIpc) is 2.62. The standard InChI is InChI=1S/C11H14FN3O2S/c1-2-7-13-11-10(14-18(16,17)15-11)8-5-3-4-6-9(8)12/h3-6,10,14H,2,7H2,1H3,(H,13,15). The first-order chi connectivity index (χ1) is 8.53. The highest BCUT2D eigenvalue weighted by atomic mass is 32.2. The highest BCUT2D eigenvalue weighted by Crippen LogP contribution is 2.22. The van der Waals surface area contributed by atoms with Crippen LogP contribution in [0.25, 0.3) is 0 Å². The maximum Gasteiger partial charge on any atom is 0.301 e. The van der Waals surface area contributed by atoms with Gasteiger partial charge in [0.25, 0.3) is 0 Å². The number of nitrogens with zero attached hydrogens (tertiary/aromatic N) is 1. The first-order valence-corrected chi connectivity index (χ1v) is 7.10. The van der Waals surface area contributed by atoms with Crippen molar-refractivity contribution in [3.8, 4) is 0 Å². The van der Waals surface area contributed by atoms with Crippen molar-refractivity contribution in [2.75, 3.05) is 6.54 Å². The fraction of sp³-hybridized carbons (Fsp3) is 0.364. The highest BCUT2D eigenvalue weighted by molar-refractivity contribution is 7.88. The van der Waals surface area contributed by atoms with Crippen LogP contribution in [0.3, 0.4) is 0 Å². The fourth-order valence-electron chi connectivity index (χ4n) is 1.71. The molecule has 1 saturated heterocycles. The summed E-state index contributed by atoms with van der Waals surface area (Å²) in [5, 5.41) is 0. The van der Waals surface area contributed by atoms with Crippen LogP contribution in [0, 0.1) is 5.82 Å². The van der Waals surface area contributed by atoms with E-state index >= 15 is 0 Å². The Labute approximate surface area is 105 Å². The molecule has 1 heterocycles. The van der Waals surface area contributed by atoms with Gasteiger partial charge >= 0.3 is 10.2 Å². The molecular formula is C11H14FN3O2S. The monoisotopic (exact) mass is 271 g/mol. The third-order valence-electron chi connectivity index (χ3n) is 2.51. The molecule has 1 aromatic rings. The lowest BCUT2D eigenvalue weighted by atomic mass is 10.1. The number of rotatable bonds is 3. The van der Waals surface area contributed by atoms with Gasteiger partial charge in [0.1, 0.15) is 17.7 Å². The van der Waals surface area contributed by atoms with Crippen LogP contribution < -0.4 is 9.44 Å². The predicted molar refractivity (Wildman–Crippen MR) is 66.9 cm³/mol. The molecule has 7 heteroatoms. The van der Waals surface area contributed by atoms with Gasteiger partial charge in [0.15, 0.2) is 0 Å². The van der Waals surface area contributed by atoms with Crippen LogP contribution in [0.2, 0.25) is 0 Å². The van der Waals surface area contributed by atoms with Crippen LogP contribution in [0.1, 0.15) is 24.9 Å². The summed E-state index contributed by atoms with van der Waals surface area (Å²) < 4.78 is 41.2. The van der Waals surface area contributed by atoms with Gasteiger partial charge in [0, 0.05) is 12.1 Å². The molecular weight excluding hydrogens is 257 g/mol. The largest absolute Gasteiger partial charge is 0.301 e. The van der Waals surface area contributed by atoms with Crippen molar-refractivity contribution in [3.05, 3.63) is 35.6 Å². The Morgan fingerprint density at radius 2 is 2.11 bits per heavy atom. The molecule has 0 radical (unpaired) electrons. The van der Waals surface area contributed by atoms with E-state index in [1.807, 2.05) is 6.92 Å². The van der Waals surface area contributed by atoms with Crippen molar-refractivity contribution in [2.45, 2.75) is 19.4 Å². The van der Waals surface area contributed by atoms with Crippen LogP contribution in [0.4, 0.5) is 4.39 Å². The van der Waals surface area contributed by atoms with Crippen molar-refractivity contribution in [1.82, 2.24) is 9.44 Å². The molecule has 1 aromatic carbocycles. The second-order valence-corrected chi connectivity index (χ2v) is 5.39. The van der Waals surface area contributed by atoms with Gasteiger partial charge in [-0.15, -0.1) is 0 Å². The minimum absolute atomic E-state index is 0.238. The average molecular weight is 271 g/mol. The van der Waals surface area contributed by atoms with E-state index in [0.717, 1.165) is 6.42 Å². The molecule has 0 aromatic heterocycles. The van der Waals surface area contributed by atoms with E-state index in [1.54, 1.807) is 12.1 Å². The van der Waals surface area contributed by atoms with E-state index in [9.17, 15) is 12.8 Å². The Morgan fingerprint density at radius 3 is 2.78 bits per heavy atom. The summed E-state index contributed by atoms with van der Waals surface area (Å²) in [6, 6.07) is 5.26. The number of amidine groups is 1. The predicted octanol–water partition coefficient (Wildman–Crippen LogP) is 1.11. The zero-order chi connectivity index (χ0) is 13.2. The minimum Gasteiger partial charge on any atom is -0.270 e. The molecule has 0 saturated carbocycles. The van der Waals surface area contributed by atoms with E-state index in [4.69, 9.17) is 0 Å². The van der Waals surface area contributed by atoms with E-state index in [0.29, 0.717) is 6.54 Å². The van der Waals surface area contributed by atoms with Crippen molar-refractivity contribution in [2.24, 2.45) is 4.99 Å². The zero-order valence-electron chi connectivity index (χ0n) is 9.85. The fourth-order valence-corrected chi connectivity index (χ4v) is 2.78. The van der Waals surface area contributed by atoms with Gasteiger partial charge in [-0.05, 0) is 12.5 Å². The molecule has 18 heavy (non-hydrogen) atoms. The summed E-state index contributed by atoms with van der Waals surface area (Å²) in [7, 11) is -3.64. The summed E-state index contributed by atoms with van der Waals surface area (Å²) >= 11 is 0. The van der Waals surface area contributed by atoms with Gasteiger partial charge in [-0.3, -0.25) is 9.71 Å². The first-order valence-electron chi connectivity index (χ1n) is 5.62. The van der Waals surface area contributed by atoms with Gasteiger partial charge in [-0.2, -0.15) is 13.1 Å². The maximum atomic E-state index is 13.7. The van der Waals surface area contributed by atoms with Gasteiger partial charge < -0.3 is 0 Å². The lowest BCUT2D eigenvalue weighted by molar-refractivity contribution is 0.576. The van der Waals surface area contributed by atoms with Gasteiger partial charge in [-0.1, -0.05) is 25.1 Å². The molecule has 1 unspecified atom stereocenters. The summed E-state index contributed by atoms with van der Waals surface area (Å²) in [6.45, 7) is 2.42. The number of hydrogen-bond acceptors (Lipinski definition) is 3. The molecule has 0 bridgehead atoms. The van der Waals surface area contributed by atoms with Crippen LogP contribution in [0.5, 0.6) is 0 Å². The molecule has 1 fully saturated rings. The normalized spacial score (nSPS) is 24.1. The molecule has 2 rings (SSSR count). The number of halogens is 1. The number of aliphatic imine (C=N–C) groups is 1. The van der Waals surface area contributed by atoms with Crippen molar-refractivity contribution in [3.63, 3.8) is 0 Å². The number of benzene rings is 1. The van der Waals surface area contributed by atoms with E-state index in [2.05, 4.69) is 14.4 Å². The number of nitrogens with one attached hydrogen (secondary N) is 2. The third-order valence-corrected chi connectivity index (χ3v) is 3.53. The Balaban J connectivity index is 2.39. The van der Waals surface area contributed by atoms with Gasteiger partial charge in [-0.25, -0.2) is 4.39 Å². The second kappa shape index (κ2) is 5.03. The molecule has 0 amide bonds. The highest BCUT2D eigenvalue weighted by Gasteiger charge is 2.34. The quantitative estimate of drug-likeness (QED) is 0.864. The molecule has 0 aliphatic carbocycles. The summed E-state index contributed by atoms with van der Waals surface area (Å²) in [5.74, 6) is -0.222. The molecule has 1 atom stereocenters. The van der Waals surface area contributed by atoms with E-state index in [-0.39, 0.29) is 11.4 Å². The van der Waals surface area contributed by atoms with Crippen molar-refractivity contribution in [1.29, 1.82) is 0 Å². The van der Waals surface area contributed by atoms with Crippen molar-refractivity contribution < 1.29 is 12.8 Å². The van der Waals surface area contributed by atoms with Crippen LogP contribution >= 0.6 is 0 Å². The topological polar surface area (TPSA) is 70.6 Å². The summed E-state index contributed by atoms with van der Waals surface area (Å²) in [4.78, 5) is 4.13. The Bertz CT molecular complexity index is 571. The molecule has 5 nitrogen and oxygen atoms in total. The van der Waals surface area contributed by atoms with Crippen LogP contribution in [-0.4, -0.2) is 20.8 Å². The summed E-state index contributed by atoms with van der Waals surface area (Å²) in [6.07, 6.45) is 0.787. The maximum absolute atomic E-state index is 13.7. The Kier molecular flexibility index (Phi) is 3.63. The molecule has 98 valence electrons. The van der Waals surface area contributed by atoms with Gasteiger partial charge in [0.2, 0.25) is 0 Å². The SMILES string of the molecule is CCCN=C1NS(=O)(=O)NC1c1ccccc1F. The van der Waals surface area contributed by atoms with Gasteiger partial charge in [0.05, 0.1) is 0 Å². The molecule has 2 N–H and O–H groups in total. The third kappa shape index (κ3) is 2.68. The van der Waals surface area contributed by atoms with E-state index < -0.39 is 22.1 Å². The first kappa shape index (κ1) is 13.0. The minimum atomic E-state index is -3.64. The molecule has 1 aliphatic rings. The zero-order valence-corrected chi connectivity index (χ0v) is 10.7. The Morgan fingerprint density at radius 1 is 1.39 bits per heavy atom. The lowest BCUT2D eigenvalue weighted by Crippen LogP contribution is -2.24. The van der Waals surface area contributed by atoms with E-state index in [1.165, 1.54) is 12.1 Å².